The van der Waals surface area contributed by atoms with Crippen molar-refractivity contribution >= 4 is 6.09 Å². The van der Waals surface area contributed by atoms with Gasteiger partial charge in [0.1, 0.15) is 5.76 Å². The highest BCUT2D eigenvalue weighted by Crippen LogP contribution is 2.24. The SMILES string of the molecule is C=C1OC(=O)N(C)C(=C)C1=C. The van der Waals surface area contributed by atoms with Gasteiger partial charge in [-0.25, -0.2) is 4.79 Å². The molecule has 0 saturated carbocycles. The minimum Gasteiger partial charge on any atom is -0.410 e. The average molecular weight is 151 g/mol. The van der Waals surface area contributed by atoms with E-state index in [4.69, 9.17) is 4.74 Å². The lowest BCUT2D eigenvalue weighted by molar-refractivity contribution is 0.143. The number of hydrogen-bond acceptors (Lipinski definition) is 2. The topological polar surface area (TPSA) is 29.5 Å². The van der Waals surface area contributed by atoms with Crippen LogP contribution in [0.15, 0.2) is 36.8 Å². The summed E-state index contributed by atoms with van der Waals surface area (Å²) in [5, 5.41) is 0. The zero-order valence-electron chi connectivity index (χ0n) is 6.39. The van der Waals surface area contributed by atoms with Crippen LogP contribution in [-0.2, 0) is 4.74 Å². The summed E-state index contributed by atoms with van der Waals surface area (Å²) in [6.45, 7) is 10.8. The summed E-state index contributed by atoms with van der Waals surface area (Å²) in [5.74, 6) is 0.276. The van der Waals surface area contributed by atoms with Crippen LogP contribution in [0.5, 0.6) is 0 Å². The fraction of sp³-hybridized carbons (Fsp3) is 0.125. The fourth-order valence-electron chi connectivity index (χ4n) is 0.709. The largest absolute Gasteiger partial charge is 0.419 e. The Labute approximate surface area is 65.3 Å². The summed E-state index contributed by atoms with van der Waals surface area (Å²) < 4.78 is 4.71. The van der Waals surface area contributed by atoms with Crippen LogP contribution in [-0.4, -0.2) is 18.0 Å². The first-order chi connectivity index (χ1) is 5.04. The predicted octanol–water partition coefficient (Wildman–Crippen LogP) is 1.65. The van der Waals surface area contributed by atoms with Crippen molar-refractivity contribution in [2.75, 3.05) is 7.05 Å². The summed E-state index contributed by atoms with van der Waals surface area (Å²) in [7, 11) is 1.57. The van der Waals surface area contributed by atoms with Crippen LogP contribution >= 0.6 is 0 Å². The Hall–Kier alpha value is -1.51. The van der Waals surface area contributed by atoms with Crippen molar-refractivity contribution in [3.63, 3.8) is 0 Å². The van der Waals surface area contributed by atoms with E-state index in [-0.39, 0.29) is 5.76 Å². The van der Waals surface area contributed by atoms with E-state index < -0.39 is 6.09 Å². The Morgan fingerprint density at radius 2 is 1.91 bits per heavy atom. The van der Waals surface area contributed by atoms with Gasteiger partial charge >= 0.3 is 6.09 Å². The Balaban J connectivity index is 2.96. The third kappa shape index (κ3) is 1.05. The maximum absolute atomic E-state index is 10.9. The number of amides is 1. The molecule has 1 saturated heterocycles. The molecular formula is C8H9NO2. The molecule has 58 valence electrons. The van der Waals surface area contributed by atoms with Crippen LogP contribution in [0.2, 0.25) is 0 Å². The molecule has 0 aromatic rings. The van der Waals surface area contributed by atoms with Gasteiger partial charge in [-0.05, 0) is 0 Å². The van der Waals surface area contributed by atoms with E-state index in [1.807, 2.05) is 0 Å². The summed E-state index contributed by atoms with van der Waals surface area (Å²) in [5.41, 5.74) is 1.10. The lowest BCUT2D eigenvalue weighted by Gasteiger charge is -2.27. The normalized spacial score (nSPS) is 18.8. The van der Waals surface area contributed by atoms with Gasteiger partial charge in [0.15, 0.2) is 0 Å². The smallest absolute Gasteiger partial charge is 0.410 e. The van der Waals surface area contributed by atoms with E-state index >= 15 is 0 Å². The van der Waals surface area contributed by atoms with Gasteiger partial charge < -0.3 is 4.74 Å². The summed E-state index contributed by atoms with van der Waals surface area (Å²) in [6, 6.07) is 0. The number of carbonyl (C=O) groups excluding carboxylic acids is 1. The minimum atomic E-state index is -0.465. The molecule has 0 aromatic heterocycles. The van der Waals surface area contributed by atoms with Crippen molar-refractivity contribution in [1.29, 1.82) is 0 Å². The van der Waals surface area contributed by atoms with Crippen LogP contribution in [0.25, 0.3) is 0 Å². The highest BCUT2D eigenvalue weighted by Gasteiger charge is 2.24. The Morgan fingerprint density at radius 3 is 2.45 bits per heavy atom. The molecule has 3 heteroatoms. The van der Waals surface area contributed by atoms with Crippen LogP contribution < -0.4 is 0 Å². The van der Waals surface area contributed by atoms with E-state index in [0.29, 0.717) is 11.3 Å². The molecule has 0 aromatic carbocycles. The van der Waals surface area contributed by atoms with Crippen molar-refractivity contribution in [2.24, 2.45) is 0 Å². The summed E-state index contributed by atoms with van der Waals surface area (Å²) >= 11 is 0. The van der Waals surface area contributed by atoms with Gasteiger partial charge in [0, 0.05) is 18.3 Å². The number of rotatable bonds is 0. The molecule has 0 aliphatic carbocycles. The van der Waals surface area contributed by atoms with Crippen LogP contribution in [0.4, 0.5) is 4.79 Å². The second-order valence-corrected chi connectivity index (χ2v) is 2.28. The molecule has 1 aliphatic rings. The Bertz CT molecular complexity index is 265. The Kier molecular flexibility index (Phi) is 1.57. The van der Waals surface area contributed by atoms with Crippen LogP contribution in [0.1, 0.15) is 0 Å². The maximum atomic E-state index is 10.9. The number of hydrogen-bond donors (Lipinski definition) is 0. The van der Waals surface area contributed by atoms with Crippen LogP contribution in [0.3, 0.4) is 0 Å². The molecule has 1 aliphatic heterocycles. The molecule has 1 amide bonds. The minimum absolute atomic E-state index is 0.276. The van der Waals surface area contributed by atoms with Crippen LogP contribution in [0, 0.1) is 0 Å². The molecular weight excluding hydrogens is 142 g/mol. The van der Waals surface area contributed by atoms with E-state index in [1.54, 1.807) is 7.05 Å². The molecule has 0 radical (unpaired) electrons. The quantitative estimate of drug-likeness (QED) is 0.526. The molecule has 1 heterocycles. The number of cyclic esters (lactones) is 1. The van der Waals surface area contributed by atoms with Gasteiger partial charge in [-0.3, -0.25) is 4.90 Å². The predicted molar refractivity (Wildman–Crippen MR) is 41.7 cm³/mol. The first-order valence-electron chi connectivity index (χ1n) is 3.07. The zero-order chi connectivity index (χ0) is 8.59. The van der Waals surface area contributed by atoms with E-state index in [1.165, 1.54) is 4.90 Å². The highest BCUT2D eigenvalue weighted by atomic mass is 16.6. The monoisotopic (exact) mass is 151 g/mol. The van der Waals surface area contributed by atoms with Crippen molar-refractivity contribution in [3.8, 4) is 0 Å². The lowest BCUT2D eigenvalue weighted by atomic mass is 10.2. The van der Waals surface area contributed by atoms with Crippen molar-refractivity contribution in [2.45, 2.75) is 0 Å². The number of ether oxygens (including phenoxy) is 1. The first-order valence-corrected chi connectivity index (χ1v) is 3.07. The second kappa shape index (κ2) is 2.27. The summed E-state index contributed by atoms with van der Waals surface area (Å²) in [6.07, 6.45) is -0.465. The highest BCUT2D eigenvalue weighted by molar-refractivity contribution is 5.76. The average Bonchev–Trinajstić information content (AvgIpc) is 1.97. The summed E-state index contributed by atoms with van der Waals surface area (Å²) in [4.78, 5) is 12.2. The molecule has 1 rings (SSSR count). The van der Waals surface area contributed by atoms with E-state index in [0.717, 1.165) is 0 Å². The van der Waals surface area contributed by atoms with Gasteiger partial charge in [-0.1, -0.05) is 19.7 Å². The van der Waals surface area contributed by atoms with E-state index in [2.05, 4.69) is 19.7 Å². The number of likely N-dealkylation sites (N-methyl/N-ethyl adjacent to an activating group) is 1. The third-order valence-corrected chi connectivity index (χ3v) is 1.57. The standard InChI is InChI=1S/C8H9NO2/c1-5-6(2)9(4)8(10)11-7(5)3/h1-3H2,4H3. The van der Waals surface area contributed by atoms with Gasteiger partial charge in [0.25, 0.3) is 0 Å². The lowest BCUT2D eigenvalue weighted by Crippen LogP contribution is -2.32. The van der Waals surface area contributed by atoms with Crippen molar-refractivity contribution in [3.05, 3.63) is 36.8 Å². The van der Waals surface area contributed by atoms with Gasteiger partial charge in [0.05, 0.1) is 0 Å². The number of nitrogens with zero attached hydrogens (tertiary/aromatic N) is 1. The molecule has 1 fully saturated rings. The van der Waals surface area contributed by atoms with Gasteiger partial charge in [0.2, 0.25) is 0 Å². The molecule has 11 heavy (non-hydrogen) atoms. The second-order valence-electron chi connectivity index (χ2n) is 2.28. The Morgan fingerprint density at radius 1 is 1.36 bits per heavy atom. The van der Waals surface area contributed by atoms with E-state index in [9.17, 15) is 4.79 Å². The molecule has 0 spiro atoms. The molecule has 0 atom stereocenters. The van der Waals surface area contributed by atoms with Crippen molar-refractivity contribution in [1.82, 2.24) is 4.90 Å². The maximum Gasteiger partial charge on any atom is 0.419 e. The molecule has 0 unspecified atom stereocenters. The number of carbonyl (C=O) groups is 1. The zero-order valence-corrected chi connectivity index (χ0v) is 6.39. The molecule has 3 nitrogen and oxygen atoms in total. The fourth-order valence-corrected chi connectivity index (χ4v) is 0.709. The molecule has 0 N–H and O–H groups in total. The molecule has 0 bridgehead atoms. The van der Waals surface area contributed by atoms with Crippen molar-refractivity contribution < 1.29 is 9.53 Å². The third-order valence-electron chi connectivity index (χ3n) is 1.57. The van der Waals surface area contributed by atoms with Gasteiger partial charge in [-0.15, -0.1) is 0 Å². The first kappa shape index (κ1) is 7.60. The van der Waals surface area contributed by atoms with Gasteiger partial charge in [-0.2, -0.15) is 0 Å².